The van der Waals surface area contributed by atoms with Crippen LogP contribution in [0.25, 0.3) is 11.1 Å². The summed E-state index contributed by atoms with van der Waals surface area (Å²) in [7, 11) is 0. The van der Waals surface area contributed by atoms with E-state index in [2.05, 4.69) is 6.07 Å². The molecule has 3 rings (SSSR count). The third-order valence-corrected chi connectivity index (χ3v) is 3.89. The van der Waals surface area contributed by atoms with Crippen LogP contribution in [0, 0.1) is 6.07 Å². The number of carbonyl (C=O) groups is 1. The van der Waals surface area contributed by atoms with Crippen molar-refractivity contribution < 1.29 is 22.7 Å². The Morgan fingerprint density at radius 2 is 1.75 bits per heavy atom. The van der Waals surface area contributed by atoms with Gasteiger partial charge in [-0.05, 0) is 23.8 Å². The minimum atomic E-state index is -4.57. The molecule has 0 unspecified atom stereocenters. The number of hydrogen-bond donors (Lipinski definition) is 0. The fourth-order valence-electron chi connectivity index (χ4n) is 2.74. The fourth-order valence-corrected chi connectivity index (χ4v) is 2.74. The zero-order valence-corrected chi connectivity index (χ0v) is 12.8. The van der Waals surface area contributed by atoms with Crippen molar-refractivity contribution in [3.63, 3.8) is 0 Å². The monoisotopic (exact) mass is 334 g/mol. The average molecular weight is 334 g/mol. The van der Waals surface area contributed by atoms with Gasteiger partial charge in [-0.3, -0.25) is 4.79 Å². The molecule has 125 valence electrons. The number of ether oxygens (including phenoxy) is 1. The van der Waals surface area contributed by atoms with Gasteiger partial charge in [0.15, 0.2) is 0 Å². The molecule has 1 saturated heterocycles. The maximum atomic E-state index is 13.5. The first kappa shape index (κ1) is 16.5. The molecule has 0 saturated carbocycles. The Morgan fingerprint density at radius 3 is 2.38 bits per heavy atom. The number of carbonyl (C=O) groups excluding carboxylic acids is 1. The highest BCUT2D eigenvalue weighted by atomic mass is 19.4. The van der Waals surface area contributed by atoms with Gasteiger partial charge in [-0.2, -0.15) is 13.2 Å². The summed E-state index contributed by atoms with van der Waals surface area (Å²) in [4.78, 5) is 14.3. The van der Waals surface area contributed by atoms with Crippen molar-refractivity contribution in [2.75, 3.05) is 26.3 Å². The molecule has 0 atom stereocenters. The average Bonchev–Trinajstić information content (AvgIpc) is 2.61. The molecule has 0 spiro atoms. The van der Waals surface area contributed by atoms with Crippen LogP contribution in [0.3, 0.4) is 0 Å². The van der Waals surface area contributed by atoms with E-state index in [1.54, 1.807) is 30.3 Å². The Morgan fingerprint density at radius 1 is 1.08 bits per heavy atom. The van der Waals surface area contributed by atoms with Gasteiger partial charge < -0.3 is 9.64 Å². The lowest BCUT2D eigenvalue weighted by atomic mass is 9.93. The van der Waals surface area contributed by atoms with Crippen LogP contribution in [0.15, 0.2) is 42.5 Å². The van der Waals surface area contributed by atoms with Crippen LogP contribution in [-0.4, -0.2) is 37.1 Å². The number of halogens is 3. The van der Waals surface area contributed by atoms with Crippen LogP contribution in [0.1, 0.15) is 15.9 Å². The number of alkyl halides is 3. The Labute approximate surface area is 137 Å². The van der Waals surface area contributed by atoms with Crippen LogP contribution in [0.2, 0.25) is 0 Å². The molecule has 2 aromatic rings. The van der Waals surface area contributed by atoms with Gasteiger partial charge in [0.25, 0.3) is 5.91 Å². The van der Waals surface area contributed by atoms with Gasteiger partial charge in [0.1, 0.15) is 0 Å². The van der Waals surface area contributed by atoms with Crippen molar-refractivity contribution in [3.8, 4) is 11.1 Å². The van der Waals surface area contributed by atoms with E-state index in [4.69, 9.17) is 4.74 Å². The molecule has 1 aliphatic heterocycles. The Hall–Kier alpha value is -2.34. The predicted molar refractivity (Wildman–Crippen MR) is 82.4 cm³/mol. The molecule has 0 N–H and O–H groups in total. The fraction of sp³-hybridized carbons (Fsp3) is 0.278. The molecule has 2 aromatic carbocycles. The quantitative estimate of drug-likeness (QED) is 0.839. The largest absolute Gasteiger partial charge is 0.417 e. The van der Waals surface area contributed by atoms with Gasteiger partial charge >= 0.3 is 6.18 Å². The summed E-state index contributed by atoms with van der Waals surface area (Å²) in [6.45, 7) is 1.50. The van der Waals surface area contributed by atoms with Crippen molar-refractivity contribution in [1.82, 2.24) is 4.90 Å². The second-order valence-corrected chi connectivity index (χ2v) is 5.43. The SMILES string of the molecule is O=C(c1c[c]cc(C(F)(F)F)c1-c1ccccc1)N1CCOCC1. The van der Waals surface area contributed by atoms with Gasteiger partial charge in [-0.15, -0.1) is 0 Å². The van der Waals surface area contributed by atoms with Gasteiger partial charge in [0.2, 0.25) is 0 Å². The van der Waals surface area contributed by atoms with Crippen molar-refractivity contribution >= 4 is 5.91 Å². The summed E-state index contributed by atoms with van der Waals surface area (Å²) in [5.74, 6) is -0.431. The molecule has 3 nitrogen and oxygen atoms in total. The van der Waals surface area contributed by atoms with E-state index < -0.39 is 17.6 Å². The number of morpholine rings is 1. The van der Waals surface area contributed by atoms with Gasteiger partial charge in [-0.1, -0.05) is 30.3 Å². The lowest BCUT2D eigenvalue weighted by molar-refractivity contribution is -0.137. The molecular formula is C18H15F3NO2. The van der Waals surface area contributed by atoms with E-state index in [0.29, 0.717) is 31.9 Å². The maximum absolute atomic E-state index is 13.5. The number of hydrogen-bond acceptors (Lipinski definition) is 2. The Bertz CT molecular complexity index is 723. The molecule has 1 heterocycles. The van der Waals surface area contributed by atoms with Crippen molar-refractivity contribution in [1.29, 1.82) is 0 Å². The van der Waals surface area contributed by atoms with E-state index in [-0.39, 0.29) is 11.1 Å². The number of nitrogens with zero attached hydrogens (tertiary/aromatic N) is 1. The highest BCUT2D eigenvalue weighted by molar-refractivity contribution is 6.01. The molecule has 0 aromatic heterocycles. The normalized spacial score (nSPS) is 15.4. The Balaban J connectivity index is 2.13. The standard InChI is InChI=1S/C18H15F3NO2/c19-18(20,21)15-8-4-7-14(16(15)13-5-2-1-3-6-13)17(23)22-9-11-24-12-10-22/h1-3,5-8H,9-12H2. The minimum Gasteiger partial charge on any atom is -0.378 e. The molecule has 0 bridgehead atoms. The molecule has 1 radical (unpaired) electrons. The summed E-state index contributed by atoms with van der Waals surface area (Å²) in [6.07, 6.45) is -4.57. The van der Waals surface area contributed by atoms with E-state index in [9.17, 15) is 18.0 Å². The lowest BCUT2D eigenvalue weighted by Gasteiger charge is -2.28. The highest BCUT2D eigenvalue weighted by Crippen LogP contribution is 2.39. The van der Waals surface area contributed by atoms with E-state index >= 15 is 0 Å². The van der Waals surface area contributed by atoms with Gasteiger partial charge in [-0.25, -0.2) is 0 Å². The molecule has 24 heavy (non-hydrogen) atoms. The first-order valence-corrected chi connectivity index (χ1v) is 7.52. The maximum Gasteiger partial charge on any atom is 0.417 e. The Kier molecular flexibility index (Phi) is 4.57. The summed E-state index contributed by atoms with van der Waals surface area (Å²) < 4.78 is 45.6. The number of rotatable bonds is 2. The first-order chi connectivity index (χ1) is 11.5. The topological polar surface area (TPSA) is 29.5 Å². The highest BCUT2D eigenvalue weighted by Gasteiger charge is 2.36. The zero-order chi connectivity index (χ0) is 17.2. The molecular weight excluding hydrogens is 319 g/mol. The lowest BCUT2D eigenvalue weighted by Crippen LogP contribution is -2.41. The zero-order valence-electron chi connectivity index (χ0n) is 12.8. The van der Waals surface area contributed by atoms with Crippen LogP contribution >= 0.6 is 0 Å². The molecule has 1 aliphatic rings. The molecule has 1 fully saturated rings. The van der Waals surface area contributed by atoms with Crippen LogP contribution in [0.4, 0.5) is 13.2 Å². The smallest absolute Gasteiger partial charge is 0.378 e. The predicted octanol–water partition coefficient (Wildman–Crippen LogP) is 3.64. The van der Waals surface area contributed by atoms with Gasteiger partial charge in [0.05, 0.1) is 18.8 Å². The number of amides is 1. The van der Waals surface area contributed by atoms with Crippen LogP contribution in [-0.2, 0) is 10.9 Å². The van der Waals surface area contributed by atoms with Gasteiger partial charge in [0, 0.05) is 24.2 Å². The van der Waals surface area contributed by atoms with Crippen LogP contribution in [0.5, 0.6) is 0 Å². The first-order valence-electron chi connectivity index (χ1n) is 7.52. The summed E-state index contributed by atoms with van der Waals surface area (Å²) >= 11 is 0. The molecule has 6 heteroatoms. The molecule has 1 amide bonds. The summed E-state index contributed by atoms with van der Waals surface area (Å²) in [5.41, 5.74) is -0.584. The van der Waals surface area contributed by atoms with Crippen molar-refractivity contribution in [2.45, 2.75) is 6.18 Å². The third kappa shape index (κ3) is 3.28. The minimum absolute atomic E-state index is 0.0120. The summed E-state index contributed by atoms with van der Waals surface area (Å²) in [5, 5.41) is 0. The molecule has 0 aliphatic carbocycles. The second-order valence-electron chi connectivity index (χ2n) is 5.43. The van der Waals surface area contributed by atoms with E-state index in [1.807, 2.05) is 0 Å². The second kappa shape index (κ2) is 6.65. The van der Waals surface area contributed by atoms with Crippen molar-refractivity contribution in [2.24, 2.45) is 0 Å². The number of benzene rings is 2. The van der Waals surface area contributed by atoms with Crippen LogP contribution < -0.4 is 0 Å². The third-order valence-electron chi connectivity index (χ3n) is 3.89. The van der Waals surface area contributed by atoms with E-state index in [0.717, 1.165) is 6.07 Å². The van der Waals surface area contributed by atoms with Crippen molar-refractivity contribution in [3.05, 3.63) is 59.7 Å². The summed E-state index contributed by atoms with van der Waals surface area (Å²) in [6, 6.07) is 12.8. The van der Waals surface area contributed by atoms with E-state index in [1.165, 1.54) is 11.0 Å².